The van der Waals surface area contributed by atoms with Crippen molar-refractivity contribution in [2.24, 2.45) is 0 Å². The molecule has 0 bridgehead atoms. The van der Waals surface area contributed by atoms with Gasteiger partial charge >= 0.3 is 0 Å². The summed E-state index contributed by atoms with van der Waals surface area (Å²) >= 11 is 5.94. The highest BCUT2D eigenvalue weighted by Gasteiger charge is 2.11. The molecule has 0 unspecified atom stereocenters. The largest absolute Gasteiger partial charge is 0.417 e. The third-order valence-corrected chi connectivity index (χ3v) is 5.06. The van der Waals surface area contributed by atoms with Crippen molar-refractivity contribution in [3.63, 3.8) is 0 Å². The number of aryl methyl sites for hydroxylation is 1. The number of halogens is 1. The molecule has 6 nitrogen and oxygen atoms in total. The second-order valence-corrected chi connectivity index (χ2v) is 7.40. The summed E-state index contributed by atoms with van der Waals surface area (Å²) in [6.45, 7) is 2.62. The minimum Gasteiger partial charge on any atom is -0.417 e. The highest BCUT2D eigenvalue weighted by atomic mass is 35.5. The van der Waals surface area contributed by atoms with Gasteiger partial charge in [0.2, 0.25) is 11.6 Å². The molecule has 29 heavy (non-hydrogen) atoms. The molecule has 0 aliphatic rings. The first-order valence-corrected chi connectivity index (χ1v) is 9.69. The Labute approximate surface area is 172 Å². The summed E-state index contributed by atoms with van der Waals surface area (Å²) in [7, 11) is 0. The Morgan fingerprint density at radius 1 is 0.931 bits per heavy atom. The van der Waals surface area contributed by atoms with Gasteiger partial charge in [0.25, 0.3) is 0 Å². The first-order valence-electron chi connectivity index (χ1n) is 9.31. The maximum absolute atomic E-state index is 5.94. The van der Waals surface area contributed by atoms with Crippen molar-refractivity contribution in [2.45, 2.75) is 19.9 Å². The van der Waals surface area contributed by atoms with Crippen LogP contribution in [-0.4, -0.2) is 24.4 Å². The van der Waals surface area contributed by atoms with E-state index in [1.807, 2.05) is 54.2 Å². The predicted molar refractivity (Wildman–Crippen MR) is 111 cm³/mol. The molecule has 5 aromatic rings. The summed E-state index contributed by atoms with van der Waals surface area (Å²) in [5.74, 6) is 1.39. The molecule has 3 heterocycles. The molecule has 144 valence electrons. The van der Waals surface area contributed by atoms with E-state index in [0.29, 0.717) is 11.6 Å². The summed E-state index contributed by atoms with van der Waals surface area (Å²) < 4.78 is 9.41. The number of benzene rings is 2. The lowest BCUT2D eigenvalue weighted by Crippen LogP contribution is -2.01. The van der Waals surface area contributed by atoms with Gasteiger partial charge in [0.1, 0.15) is 5.82 Å². The first-order chi connectivity index (χ1) is 14.1. The molecule has 0 amide bonds. The van der Waals surface area contributed by atoms with E-state index in [1.54, 1.807) is 10.7 Å². The molecule has 0 aliphatic carbocycles. The number of rotatable bonds is 5. The summed E-state index contributed by atoms with van der Waals surface area (Å²) in [6.07, 6.45) is 4.45. The normalized spacial score (nSPS) is 11.4. The monoisotopic (exact) mass is 403 g/mol. The van der Waals surface area contributed by atoms with Gasteiger partial charge < -0.3 is 4.42 Å². The van der Waals surface area contributed by atoms with Crippen LogP contribution in [0.25, 0.3) is 17.2 Å². The van der Waals surface area contributed by atoms with Crippen molar-refractivity contribution in [1.29, 1.82) is 0 Å². The van der Waals surface area contributed by atoms with Gasteiger partial charge in [-0.25, -0.2) is 4.98 Å². The van der Waals surface area contributed by atoms with E-state index in [2.05, 4.69) is 33.4 Å². The van der Waals surface area contributed by atoms with Crippen LogP contribution in [0.15, 0.2) is 71.4 Å². The number of nitrogens with zero attached hydrogens (tertiary/aromatic N) is 5. The van der Waals surface area contributed by atoms with Gasteiger partial charge in [0, 0.05) is 23.2 Å². The second kappa shape index (κ2) is 7.22. The smallest absolute Gasteiger partial charge is 0.246 e. The van der Waals surface area contributed by atoms with Crippen LogP contribution in [-0.2, 0) is 13.0 Å². The van der Waals surface area contributed by atoms with Gasteiger partial charge in [0.05, 0.1) is 18.4 Å². The Morgan fingerprint density at radius 2 is 1.69 bits per heavy atom. The third-order valence-electron chi connectivity index (χ3n) is 4.81. The lowest BCUT2D eigenvalue weighted by atomic mass is 10.1. The second-order valence-electron chi connectivity index (χ2n) is 6.97. The summed E-state index contributed by atoms with van der Waals surface area (Å²) in [4.78, 5) is 4.18. The van der Waals surface area contributed by atoms with E-state index in [9.17, 15) is 0 Å². The van der Waals surface area contributed by atoms with Crippen LogP contribution < -0.4 is 0 Å². The van der Waals surface area contributed by atoms with Crippen molar-refractivity contribution in [1.82, 2.24) is 24.4 Å². The molecule has 0 saturated carbocycles. The maximum Gasteiger partial charge on any atom is 0.246 e. The van der Waals surface area contributed by atoms with Crippen LogP contribution in [0.4, 0.5) is 0 Å². The molecule has 2 aromatic carbocycles. The number of imidazole rings is 1. The number of fused-ring (bicyclic) bond motifs is 1. The third kappa shape index (κ3) is 3.67. The van der Waals surface area contributed by atoms with E-state index >= 15 is 0 Å². The Morgan fingerprint density at radius 3 is 2.45 bits per heavy atom. The van der Waals surface area contributed by atoms with Gasteiger partial charge in [-0.2, -0.15) is 9.61 Å². The van der Waals surface area contributed by atoms with E-state index in [4.69, 9.17) is 16.0 Å². The van der Waals surface area contributed by atoms with E-state index in [0.717, 1.165) is 35.1 Å². The van der Waals surface area contributed by atoms with Crippen LogP contribution in [0, 0.1) is 6.92 Å². The van der Waals surface area contributed by atoms with Crippen LogP contribution >= 0.6 is 11.6 Å². The fourth-order valence-electron chi connectivity index (χ4n) is 3.27. The van der Waals surface area contributed by atoms with Gasteiger partial charge in [-0.3, -0.25) is 4.68 Å². The molecular formula is C22H18ClN5O. The molecule has 3 aromatic heterocycles. The number of aromatic nitrogens is 5. The molecule has 0 spiro atoms. The van der Waals surface area contributed by atoms with Crippen LogP contribution in [0.3, 0.4) is 0 Å². The predicted octanol–water partition coefficient (Wildman–Crippen LogP) is 4.79. The quantitative estimate of drug-likeness (QED) is 0.423. The minimum atomic E-state index is 0.587. The van der Waals surface area contributed by atoms with Crippen LogP contribution in [0.1, 0.15) is 22.6 Å². The summed E-state index contributed by atoms with van der Waals surface area (Å²) in [5.41, 5.74) is 4.96. The molecule has 0 fully saturated rings. The molecule has 0 saturated heterocycles. The molecule has 0 atom stereocenters. The Balaban J connectivity index is 1.28. The van der Waals surface area contributed by atoms with Gasteiger partial charge in [0.15, 0.2) is 0 Å². The van der Waals surface area contributed by atoms with Crippen LogP contribution in [0.5, 0.6) is 0 Å². The SMILES string of the molecule is Cc1ncc2oc(-c3ccc(Cc4ccn(Cc5ccc(Cl)cc5)n4)cc3)nn12. The Bertz CT molecular complexity index is 1270. The average Bonchev–Trinajstić information content (AvgIpc) is 3.43. The average molecular weight is 404 g/mol. The van der Waals surface area contributed by atoms with Crippen molar-refractivity contribution in [3.05, 3.63) is 94.7 Å². The molecule has 0 radical (unpaired) electrons. The van der Waals surface area contributed by atoms with Crippen molar-refractivity contribution < 1.29 is 4.42 Å². The van der Waals surface area contributed by atoms with Gasteiger partial charge in [-0.15, -0.1) is 5.10 Å². The van der Waals surface area contributed by atoms with Crippen molar-refractivity contribution >= 4 is 17.3 Å². The van der Waals surface area contributed by atoms with Gasteiger partial charge in [-0.1, -0.05) is 35.9 Å². The zero-order valence-electron chi connectivity index (χ0n) is 15.8. The lowest BCUT2D eigenvalue weighted by Gasteiger charge is -2.03. The lowest BCUT2D eigenvalue weighted by molar-refractivity contribution is 0.617. The zero-order valence-corrected chi connectivity index (χ0v) is 16.5. The Hall–Kier alpha value is -3.38. The number of hydrogen-bond acceptors (Lipinski definition) is 4. The summed E-state index contributed by atoms with van der Waals surface area (Å²) in [6, 6.07) is 18.1. The minimum absolute atomic E-state index is 0.587. The maximum atomic E-state index is 5.94. The highest BCUT2D eigenvalue weighted by Crippen LogP contribution is 2.22. The van der Waals surface area contributed by atoms with Gasteiger partial charge in [-0.05, 0) is 48.4 Å². The molecule has 7 heteroatoms. The standard InChI is InChI=1S/C22H18ClN5O/c1-15-24-13-21-28(15)26-22(29-21)18-6-2-16(3-7-18)12-20-10-11-27(25-20)14-17-4-8-19(23)9-5-17/h2-11,13H,12,14H2,1H3. The molecule has 5 rings (SSSR count). The number of hydrogen-bond donors (Lipinski definition) is 0. The topological polar surface area (TPSA) is 61.2 Å². The van der Waals surface area contributed by atoms with E-state index < -0.39 is 0 Å². The molecule has 0 N–H and O–H groups in total. The fourth-order valence-corrected chi connectivity index (χ4v) is 3.40. The van der Waals surface area contributed by atoms with Crippen molar-refractivity contribution in [3.8, 4) is 11.5 Å². The highest BCUT2D eigenvalue weighted by molar-refractivity contribution is 6.30. The Kier molecular flexibility index (Phi) is 4.41. The van der Waals surface area contributed by atoms with Crippen LogP contribution in [0.2, 0.25) is 5.02 Å². The molecular weight excluding hydrogens is 386 g/mol. The van der Waals surface area contributed by atoms with Crippen molar-refractivity contribution in [2.75, 3.05) is 0 Å². The first kappa shape index (κ1) is 17.7. The summed E-state index contributed by atoms with van der Waals surface area (Å²) in [5, 5.41) is 9.89. The van der Waals surface area contributed by atoms with E-state index in [-0.39, 0.29) is 0 Å². The van der Waals surface area contributed by atoms with E-state index in [1.165, 1.54) is 11.1 Å². The zero-order chi connectivity index (χ0) is 19.8. The molecule has 0 aliphatic heterocycles. The fraction of sp³-hybridized carbons (Fsp3) is 0.136.